The molecule has 6 N–H and O–H groups in total. The van der Waals surface area contributed by atoms with Gasteiger partial charge in [0.15, 0.2) is 46.6 Å². The van der Waals surface area contributed by atoms with Gasteiger partial charge in [0.2, 0.25) is 11.8 Å². The highest BCUT2D eigenvalue weighted by molar-refractivity contribution is 6.35. The quantitative estimate of drug-likeness (QED) is 0.0344. The summed E-state index contributed by atoms with van der Waals surface area (Å²) in [6.45, 7) is -0.594. The van der Waals surface area contributed by atoms with Crippen LogP contribution in [0.15, 0.2) is 73.1 Å². The second-order valence-corrected chi connectivity index (χ2v) is 21.2. The van der Waals surface area contributed by atoms with E-state index >= 15 is 0 Å². The van der Waals surface area contributed by atoms with Crippen LogP contribution in [0.5, 0.6) is 0 Å². The number of carbonyl (C=O) groups is 2. The van der Waals surface area contributed by atoms with Crippen molar-refractivity contribution in [1.82, 2.24) is 70.2 Å². The van der Waals surface area contributed by atoms with Crippen molar-refractivity contribution in [2.75, 3.05) is 39.5 Å². The predicted molar refractivity (Wildman–Crippen MR) is 288 cm³/mol. The van der Waals surface area contributed by atoms with Gasteiger partial charge in [0.1, 0.15) is 97.2 Å². The molecule has 2 amide bonds. The number of hydrogen-bond acceptors (Lipinski definition) is 18. The SMILES string of the molecule is Cc1nc([C@H]2O[C@@H](CO)[C@@H](O)[C@@H](n3cc(-c4cc(F)c(F)c(F)c4)nn3)[C@@H]2OCC(=O)NCCNC(=O)CO[C@@H]2[C@@H](n3cc(-c4cc(F)c(F)c(F)c4)nn3)[C@@H](O)[C@@H](CO)O[C@H]2c2nc(C)nn2-c2cc(Cl)ccc2Cl)n(-c2cc(Cl)ccc2Cl)n1. The average Bonchev–Trinajstić information content (AvgIpc) is 1.55. The minimum absolute atomic E-state index is 0.0209. The molecular weight excluding hydrogens is 1240 g/mol. The van der Waals surface area contributed by atoms with Gasteiger partial charge in [-0.2, -0.15) is 10.2 Å². The Morgan fingerprint density at radius 2 is 0.965 bits per heavy atom. The van der Waals surface area contributed by atoms with E-state index in [2.05, 4.69) is 51.4 Å². The van der Waals surface area contributed by atoms with Crippen LogP contribution in [0.2, 0.25) is 20.1 Å². The monoisotopic (exact) mass is 1280 g/mol. The Kier molecular flexibility index (Phi) is 18.7. The van der Waals surface area contributed by atoms with Crippen LogP contribution in [-0.4, -0.2) is 168 Å². The van der Waals surface area contributed by atoms with E-state index in [1.165, 1.54) is 45.8 Å². The summed E-state index contributed by atoms with van der Waals surface area (Å²) in [5.74, 6) is -10.8. The number of nitrogens with zero attached hydrogens (tertiary/aromatic N) is 12. The number of ether oxygens (including phenoxy) is 4. The first-order valence-corrected chi connectivity index (χ1v) is 27.2. The summed E-state index contributed by atoms with van der Waals surface area (Å²) in [5, 5.41) is 75.7. The molecule has 4 aromatic carbocycles. The summed E-state index contributed by atoms with van der Waals surface area (Å²) in [6.07, 6.45) is -9.79. The summed E-state index contributed by atoms with van der Waals surface area (Å²) < 4.78 is 115. The third kappa shape index (κ3) is 12.8. The van der Waals surface area contributed by atoms with Crippen molar-refractivity contribution in [2.45, 2.75) is 74.8 Å². The van der Waals surface area contributed by atoms with Gasteiger partial charge in [-0.05, 0) is 74.5 Å². The standard InChI is InChI=1S/C52H46Cl4F6N14O10/c1-21-65-51(75(69-21)35-13-25(53)3-5-27(35)55)49-47(43(45(81)37(17-77)85-49)73-15-33(67-71-73)23-9-29(57)41(61)30(58)10-23)83-19-39(79)63-7-8-64-40(80)20-84-48-44(74-16-34(68-72-74)24-11-31(59)42(62)32(60)12-24)46(82)38(18-78)86-50(48)52-66-22(2)70-76(52)36-14-26(54)4-6-28(36)56/h3-6,9-16,37-38,43-50,77-78,81-82H,7-8,17-20H2,1-2H3,(H,63,79)(H,64,80)/t37-,38+,43+,44-,45+,46-,47-,48+,49-,50+. The first-order chi connectivity index (χ1) is 41.1. The van der Waals surface area contributed by atoms with Crippen LogP contribution in [-0.2, 0) is 28.5 Å². The van der Waals surface area contributed by atoms with Crippen LogP contribution >= 0.6 is 46.4 Å². The van der Waals surface area contributed by atoms with Gasteiger partial charge >= 0.3 is 0 Å². The largest absolute Gasteiger partial charge is 0.394 e. The average molecular weight is 1280 g/mol. The molecule has 8 aromatic rings. The smallest absolute Gasteiger partial charge is 0.246 e. The van der Waals surface area contributed by atoms with Crippen LogP contribution in [0, 0.1) is 48.8 Å². The maximum Gasteiger partial charge on any atom is 0.246 e. The van der Waals surface area contributed by atoms with Crippen LogP contribution < -0.4 is 10.6 Å². The topological polar surface area (TPSA) is 299 Å². The van der Waals surface area contributed by atoms with E-state index < -0.39 is 134 Å². The minimum atomic E-state index is -1.73. The molecule has 2 saturated heterocycles. The molecule has 0 bridgehead atoms. The van der Waals surface area contributed by atoms with Gasteiger partial charge in [0.25, 0.3) is 0 Å². The molecule has 2 aliphatic rings. The van der Waals surface area contributed by atoms with Crippen molar-refractivity contribution in [3.8, 4) is 33.9 Å². The third-order valence-corrected chi connectivity index (χ3v) is 14.9. The lowest BCUT2D eigenvalue weighted by Crippen LogP contribution is -2.54. The molecule has 4 aromatic heterocycles. The first-order valence-electron chi connectivity index (χ1n) is 25.7. The number of aromatic nitrogens is 12. The normalized spacial score (nSPS) is 22.3. The molecule has 34 heteroatoms. The number of aliphatic hydroxyl groups is 4. The van der Waals surface area contributed by atoms with Crippen molar-refractivity contribution in [1.29, 1.82) is 0 Å². The summed E-state index contributed by atoms with van der Waals surface area (Å²) in [7, 11) is 0. The van der Waals surface area contributed by atoms with Gasteiger partial charge in [0, 0.05) is 34.3 Å². The maximum absolute atomic E-state index is 14.4. The number of amides is 2. The molecule has 6 heterocycles. The zero-order chi connectivity index (χ0) is 61.4. The van der Waals surface area contributed by atoms with E-state index in [-0.39, 0.29) is 90.4 Å². The summed E-state index contributed by atoms with van der Waals surface area (Å²) >= 11 is 25.9. The Balaban J connectivity index is 0.875. The predicted octanol–water partition coefficient (Wildman–Crippen LogP) is 5.20. The fraction of sp³-hybridized carbons (Fsp3) is 0.346. The Morgan fingerprint density at radius 3 is 1.33 bits per heavy atom. The van der Waals surface area contributed by atoms with Crippen molar-refractivity contribution < 1.29 is 75.3 Å². The van der Waals surface area contributed by atoms with Gasteiger partial charge in [0.05, 0.1) is 47.0 Å². The molecular formula is C52H46Cl4F6N14O10. The first kappa shape index (κ1) is 61.9. The molecule has 2 aliphatic heterocycles. The number of aliphatic hydroxyl groups excluding tert-OH is 4. The summed E-state index contributed by atoms with van der Waals surface area (Å²) in [6, 6.07) is 8.83. The maximum atomic E-state index is 14.4. The van der Waals surface area contributed by atoms with E-state index in [0.29, 0.717) is 24.3 Å². The van der Waals surface area contributed by atoms with Crippen LogP contribution in [0.25, 0.3) is 33.9 Å². The zero-order valence-corrected chi connectivity index (χ0v) is 47.4. The van der Waals surface area contributed by atoms with Crippen LogP contribution in [0.1, 0.15) is 47.6 Å². The van der Waals surface area contributed by atoms with E-state index in [0.717, 1.165) is 21.8 Å². The second-order valence-electron chi connectivity index (χ2n) is 19.5. The molecule has 0 saturated carbocycles. The van der Waals surface area contributed by atoms with Crippen molar-refractivity contribution in [3.05, 3.63) is 151 Å². The fourth-order valence-electron chi connectivity index (χ4n) is 9.83. The molecule has 0 unspecified atom stereocenters. The zero-order valence-electron chi connectivity index (χ0n) is 44.3. The molecule has 0 radical (unpaired) electrons. The lowest BCUT2D eigenvalue weighted by molar-refractivity contribution is -0.223. The number of aryl methyl sites for hydroxylation is 2. The van der Waals surface area contributed by atoms with Gasteiger partial charge < -0.3 is 50.0 Å². The van der Waals surface area contributed by atoms with Crippen LogP contribution in [0.4, 0.5) is 26.3 Å². The molecule has 2 fully saturated rings. The summed E-state index contributed by atoms with van der Waals surface area (Å²) in [5.41, 5.74) is -0.406. The van der Waals surface area contributed by atoms with E-state index in [9.17, 15) is 56.4 Å². The number of benzene rings is 4. The molecule has 0 spiro atoms. The highest BCUT2D eigenvalue weighted by atomic mass is 35.5. The van der Waals surface area contributed by atoms with E-state index in [4.69, 9.17) is 65.4 Å². The van der Waals surface area contributed by atoms with E-state index in [1.807, 2.05) is 0 Å². The summed E-state index contributed by atoms with van der Waals surface area (Å²) in [4.78, 5) is 36.5. The number of rotatable bonds is 19. The number of hydrogen-bond donors (Lipinski definition) is 6. The van der Waals surface area contributed by atoms with Gasteiger partial charge in [-0.25, -0.2) is 55.0 Å². The van der Waals surface area contributed by atoms with Crippen molar-refractivity contribution in [3.63, 3.8) is 0 Å². The number of carbonyl (C=O) groups excluding carboxylic acids is 2. The molecule has 454 valence electrons. The molecule has 86 heavy (non-hydrogen) atoms. The van der Waals surface area contributed by atoms with Crippen molar-refractivity contribution >= 4 is 58.2 Å². The van der Waals surface area contributed by atoms with Crippen molar-refractivity contribution in [2.24, 2.45) is 0 Å². The molecule has 24 nitrogen and oxygen atoms in total. The lowest BCUT2D eigenvalue weighted by atomic mass is 9.91. The molecule has 10 rings (SSSR count). The third-order valence-electron chi connectivity index (χ3n) is 13.8. The van der Waals surface area contributed by atoms with Crippen LogP contribution in [0.3, 0.4) is 0 Å². The lowest BCUT2D eigenvalue weighted by Gasteiger charge is -2.43. The van der Waals surface area contributed by atoms with Gasteiger partial charge in [-0.15, -0.1) is 10.2 Å². The number of halogens is 10. The Hall–Kier alpha value is -7.20. The highest BCUT2D eigenvalue weighted by Crippen LogP contribution is 2.43. The Bertz CT molecular complexity index is 3540. The van der Waals surface area contributed by atoms with E-state index in [1.54, 1.807) is 13.8 Å². The number of nitrogens with one attached hydrogen (secondary N) is 2. The molecule has 10 atom stereocenters. The van der Waals surface area contributed by atoms with Gasteiger partial charge in [-0.3, -0.25) is 9.59 Å². The second kappa shape index (κ2) is 26.0. The van der Waals surface area contributed by atoms with Gasteiger partial charge in [-0.1, -0.05) is 56.8 Å². The Labute approximate surface area is 501 Å². The molecule has 0 aliphatic carbocycles. The minimum Gasteiger partial charge on any atom is -0.394 e. The highest BCUT2D eigenvalue weighted by Gasteiger charge is 2.52. The fourth-order valence-corrected chi connectivity index (χ4v) is 10.6. The Morgan fingerprint density at radius 1 is 0.593 bits per heavy atom.